The van der Waals surface area contributed by atoms with Crippen LogP contribution in [0.3, 0.4) is 0 Å². The van der Waals surface area contributed by atoms with Crippen LogP contribution in [0.1, 0.15) is 26.3 Å². The molecule has 1 fully saturated rings. The van der Waals surface area contributed by atoms with Gasteiger partial charge >= 0.3 is 0 Å². The van der Waals surface area contributed by atoms with Crippen LogP contribution in [-0.4, -0.2) is 60.6 Å². The number of carbonyl (C=O) groups excluding carboxylic acids is 1. The van der Waals surface area contributed by atoms with Crippen LogP contribution in [0.5, 0.6) is 17.2 Å². The minimum Gasteiger partial charge on any atom is -0.484 e. The molecule has 182 valence electrons. The van der Waals surface area contributed by atoms with Crippen molar-refractivity contribution in [3.8, 4) is 28.5 Å². The quantitative estimate of drug-likeness (QED) is 0.555. The topological polar surface area (TPSA) is 77.0 Å². The van der Waals surface area contributed by atoms with Crippen molar-refractivity contribution in [2.45, 2.75) is 26.2 Å². The van der Waals surface area contributed by atoms with E-state index >= 15 is 0 Å². The van der Waals surface area contributed by atoms with E-state index in [1.807, 2.05) is 47.4 Å². The Labute approximate surface area is 205 Å². The van der Waals surface area contributed by atoms with Gasteiger partial charge < -0.3 is 24.0 Å². The van der Waals surface area contributed by atoms with Crippen LogP contribution in [0.4, 0.5) is 5.82 Å². The van der Waals surface area contributed by atoms with Crippen LogP contribution in [0.25, 0.3) is 11.3 Å². The minimum absolute atomic E-state index is 0.00575. The summed E-state index contributed by atoms with van der Waals surface area (Å²) in [5.74, 6) is 2.98. The molecule has 3 aromatic rings. The number of piperazine rings is 1. The van der Waals surface area contributed by atoms with E-state index in [0.717, 1.165) is 28.6 Å². The lowest BCUT2D eigenvalue weighted by Gasteiger charge is -2.35. The second-order valence-corrected chi connectivity index (χ2v) is 9.78. The molecule has 2 aromatic carbocycles. The fourth-order valence-corrected chi connectivity index (χ4v) is 4.18. The smallest absolute Gasteiger partial charge is 0.260 e. The molecular formula is C27H30N4O4. The molecule has 0 bridgehead atoms. The lowest BCUT2D eigenvalue weighted by molar-refractivity contribution is -0.133. The van der Waals surface area contributed by atoms with Crippen molar-refractivity contribution in [3.63, 3.8) is 0 Å². The predicted octanol–water partition coefficient (Wildman–Crippen LogP) is 3.90. The molecule has 2 aliphatic heterocycles. The van der Waals surface area contributed by atoms with Crippen molar-refractivity contribution >= 4 is 11.7 Å². The molecule has 35 heavy (non-hydrogen) atoms. The molecule has 0 saturated carbocycles. The molecule has 1 saturated heterocycles. The first kappa shape index (κ1) is 23.0. The zero-order valence-corrected chi connectivity index (χ0v) is 20.4. The molecule has 0 radical (unpaired) electrons. The molecular weight excluding hydrogens is 444 g/mol. The highest BCUT2D eigenvalue weighted by atomic mass is 16.7. The van der Waals surface area contributed by atoms with Gasteiger partial charge in [-0.05, 0) is 53.4 Å². The van der Waals surface area contributed by atoms with Crippen LogP contribution in [0.2, 0.25) is 0 Å². The van der Waals surface area contributed by atoms with E-state index in [1.54, 1.807) is 0 Å². The number of hydrogen-bond acceptors (Lipinski definition) is 7. The van der Waals surface area contributed by atoms with Gasteiger partial charge in [0.15, 0.2) is 23.9 Å². The third kappa shape index (κ3) is 5.16. The number of benzene rings is 2. The Morgan fingerprint density at radius 2 is 1.66 bits per heavy atom. The van der Waals surface area contributed by atoms with E-state index in [2.05, 4.69) is 48.0 Å². The largest absolute Gasteiger partial charge is 0.484 e. The Balaban J connectivity index is 1.12. The summed E-state index contributed by atoms with van der Waals surface area (Å²) in [6, 6.07) is 17.6. The summed E-state index contributed by atoms with van der Waals surface area (Å²) in [6.07, 6.45) is 0. The van der Waals surface area contributed by atoms with Gasteiger partial charge in [-0.25, -0.2) is 0 Å². The van der Waals surface area contributed by atoms with Gasteiger partial charge in [0.25, 0.3) is 5.91 Å². The van der Waals surface area contributed by atoms with E-state index in [9.17, 15) is 4.79 Å². The summed E-state index contributed by atoms with van der Waals surface area (Å²) in [5, 5.41) is 8.82. The highest BCUT2D eigenvalue weighted by Gasteiger charge is 2.23. The first-order valence-corrected chi connectivity index (χ1v) is 11.9. The summed E-state index contributed by atoms with van der Waals surface area (Å²) >= 11 is 0. The zero-order valence-electron chi connectivity index (χ0n) is 20.4. The van der Waals surface area contributed by atoms with Gasteiger partial charge in [-0.15, -0.1) is 10.2 Å². The molecule has 8 heteroatoms. The number of hydrogen-bond donors (Lipinski definition) is 0. The molecule has 1 aromatic heterocycles. The summed E-state index contributed by atoms with van der Waals surface area (Å²) in [7, 11) is 0. The lowest BCUT2D eigenvalue weighted by Crippen LogP contribution is -2.50. The number of amides is 1. The van der Waals surface area contributed by atoms with Crippen LogP contribution in [0.15, 0.2) is 54.6 Å². The molecule has 0 spiro atoms. The fourth-order valence-electron chi connectivity index (χ4n) is 4.18. The van der Waals surface area contributed by atoms with E-state index in [4.69, 9.17) is 14.2 Å². The number of rotatable bonds is 5. The van der Waals surface area contributed by atoms with Crippen molar-refractivity contribution in [1.29, 1.82) is 0 Å². The predicted molar refractivity (Wildman–Crippen MR) is 133 cm³/mol. The van der Waals surface area contributed by atoms with E-state index in [1.165, 1.54) is 5.56 Å². The number of fused-ring (bicyclic) bond motifs is 1. The number of ether oxygens (including phenoxy) is 3. The Morgan fingerprint density at radius 1 is 0.914 bits per heavy atom. The lowest BCUT2D eigenvalue weighted by atomic mass is 9.87. The number of nitrogens with zero attached hydrogens (tertiary/aromatic N) is 4. The Kier molecular flexibility index (Phi) is 6.19. The standard InChI is InChI=1S/C27H30N4O4/c1-27(2,3)20-5-7-21(8-6-20)33-17-26(32)31-14-12-30(13-15-31)25-11-9-22(28-29-25)19-4-10-23-24(16-19)35-18-34-23/h4-11,16H,12-15,17-18H2,1-3H3. The van der Waals surface area contributed by atoms with Crippen LogP contribution in [-0.2, 0) is 10.2 Å². The third-order valence-electron chi connectivity index (χ3n) is 6.36. The maximum absolute atomic E-state index is 12.7. The van der Waals surface area contributed by atoms with Crippen molar-refractivity contribution in [1.82, 2.24) is 15.1 Å². The van der Waals surface area contributed by atoms with Gasteiger partial charge in [-0.2, -0.15) is 0 Å². The van der Waals surface area contributed by atoms with Gasteiger partial charge in [-0.3, -0.25) is 4.79 Å². The average Bonchev–Trinajstić information content (AvgIpc) is 3.35. The van der Waals surface area contributed by atoms with Crippen LogP contribution in [0, 0.1) is 0 Å². The molecule has 8 nitrogen and oxygen atoms in total. The molecule has 1 amide bonds. The summed E-state index contributed by atoms with van der Waals surface area (Å²) in [5.41, 5.74) is 3.02. The average molecular weight is 475 g/mol. The van der Waals surface area contributed by atoms with Gasteiger partial charge in [0, 0.05) is 31.7 Å². The number of anilines is 1. The number of carbonyl (C=O) groups is 1. The molecule has 0 atom stereocenters. The van der Waals surface area contributed by atoms with E-state index in [-0.39, 0.29) is 24.7 Å². The van der Waals surface area contributed by atoms with Gasteiger partial charge in [0.2, 0.25) is 6.79 Å². The zero-order chi connectivity index (χ0) is 24.4. The first-order chi connectivity index (χ1) is 16.9. The highest BCUT2D eigenvalue weighted by molar-refractivity contribution is 5.78. The molecule has 0 N–H and O–H groups in total. The van der Waals surface area contributed by atoms with Gasteiger partial charge in [0.1, 0.15) is 5.75 Å². The third-order valence-corrected chi connectivity index (χ3v) is 6.36. The molecule has 0 unspecified atom stereocenters. The Bertz CT molecular complexity index is 1180. The summed E-state index contributed by atoms with van der Waals surface area (Å²) in [6.45, 7) is 9.44. The highest BCUT2D eigenvalue weighted by Crippen LogP contribution is 2.35. The van der Waals surface area contributed by atoms with Gasteiger partial charge in [0.05, 0.1) is 5.69 Å². The first-order valence-electron chi connectivity index (χ1n) is 11.9. The minimum atomic E-state index is -0.00575. The molecule has 0 aliphatic carbocycles. The normalized spacial score (nSPS) is 15.3. The summed E-state index contributed by atoms with van der Waals surface area (Å²) < 4.78 is 16.6. The van der Waals surface area contributed by atoms with Crippen LogP contribution >= 0.6 is 0 Å². The number of aromatic nitrogens is 2. The molecule has 5 rings (SSSR count). The van der Waals surface area contributed by atoms with Crippen molar-refractivity contribution in [2.24, 2.45) is 0 Å². The maximum atomic E-state index is 12.7. The van der Waals surface area contributed by atoms with Crippen LogP contribution < -0.4 is 19.1 Å². The Hall–Kier alpha value is -3.81. The Morgan fingerprint density at radius 3 is 2.34 bits per heavy atom. The SMILES string of the molecule is CC(C)(C)c1ccc(OCC(=O)N2CCN(c3ccc(-c4ccc5c(c4)OCO5)nn3)CC2)cc1. The fraction of sp³-hybridized carbons (Fsp3) is 0.370. The second kappa shape index (κ2) is 9.44. The van der Waals surface area contributed by atoms with Crippen molar-refractivity contribution in [2.75, 3.05) is 44.5 Å². The van der Waals surface area contributed by atoms with E-state index in [0.29, 0.717) is 31.9 Å². The molecule has 3 heterocycles. The van der Waals surface area contributed by atoms with E-state index < -0.39 is 0 Å². The summed E-state index contributed by atoms with van der Waals surface area (Å²) in [4.78, 5) is 16.6. The molecule has 2 aliphatic rings. The van der Waals surface area contributed by atoms with Gasteiger partial charge in [-0.1, -0.05) is 32.9 Å². The second-order valence-electron chi connectivity index (χ2n) is 9.78. The monoisotopic (exact) mass is 474 g/mol. The van der Waals surface area contributed by atoms with Crippen molar-refractivity contribution in [3.05, 3.63) is 60.2 Å². The van der Waals surface area contributed by atoms with Crippen molar-refractivity contribution < 1.29 is 19.0 Å². The maximum Gasteiger partial charge on any atom is 0.260 e.